The van der Waals surface area contributed by atoms with Crippen LogP contribution in [0.4, 0.5) is 10.1 Å². The van der Waals surface area contributed by atoms with Crippen LogP contribution in [0.25, 0.3) is 0 Å². The van der Waals surface area contributed by atoms with Crippen LogP contribution in [0.1, 0.15) is 12.8 Å². The van der Waals surface area contributed by atoms with E-state index < -0.39 is 0 Å². The van der Waals surface area contributed by atoms with Crippen LogP contribution in [-0.2, 0) is 0 Å². The Balaban J connectivity index is 0.000000720. The predicted octanol–water partition coefficient (Wildman–Crippen LogP) is 2.82. The smallest absolute Gasteiger partial charge is 0.125 e. The van der Waals surface area contributed by atoms with Crippen LogP contribution in [0.2, 0.25) is 0 Å². The molecule has 0 aliphatic heterocycles. The van der Waals surface area contributed by atoms with Crippen molar-refractivity contribution in [3.05, 3.63) is 30.1 Å². The minimum absolute atomic E-state index is 0. The Kier molecular flexibility index (Phi) is 2.93. The monoisotopic (exact) mass is 187 g/mol. The summed E-state index contributed by atoms with van der Waals surface area (Å²) in [7, 11) is 0. The van der Waals surface area contributed by atoms with Gasteiger partial charge in [0, 0.05) is 11.7 Å². The molecule has 3 heteroatoms. The Morgan fingerprint density at radius 3 is 2.67 bits per heavy atom. The molecule has 1 N–H and O–H groups in total. The second-order valence-electron chi connectivity index (χ2n) is 2.93. The molecule has 1 nitrogen and oxygen atoms in total. The lowest BCUT2D eigenvalue weighted by Gasteiger charge is -2.02. The summed E-state index contributed by atoms with van der Waals surface area (Å²) < 4.78 is 12.6. The van der Waals surface area contributed by atoms with Gasteiger partial charge in [-0.2, -0.15) is 0 Å². The Labute approximate surface area is 77.4 Å². The fraction of sp³-hybridized carbons (Fsp3) is 0.333. The van der Waals surface area contributed by atoms with E-state index in [1.54, 1.807) is 6.07 Å². The Bertz CT molecular complexity index is 260. The standard InChI is InChI=1S/C9H10FN.ClH/c10-7-2-1-3-9(6-7)11-8-4-5-8;/h1-3,6,8,11H,4-5H2;1H. The van der Waals surface area contributed by atoms with Crippen LogP contribution >= 0.6 is 12.4 Å². The van der Waals surface area contributed by atoms with E-state index in [0.29, 0.717) is 6.04 Å². The number of hydrogen-bond donors (Lipinski definition) is 1. The zero-order valence-corrected chi connectivity index (χ0v) is 7.40. The van der Waals surface area contributed by atoms with Gasteiger partial charge in [-0.15, -0.1) is 12.4 Å². The first-order valence-electron chi connectivity index (χ1n) is 3.87. The Hall–Kier alpha value is -0.760. The summed E-state index contributed by atoms with van der Waals surface area (Å²) in [6, 6.07) is 7.19. The van der Waals surface area contributed by atoms with Crippen molar-refractivity contribution in [2.45, 2.75) is 18.9 Å². The third-order valence-corrected chi connectivity index (χ3v) is 1.77. The van der Waals surface area contributed by atoms with E-state index in [9.17, 15) is 4.39 Å². The third kappa shape index (κ3) is 2.38. The summed E-state index contributed by atoms with van der Waals surface area (Å²) in [5, 5.41) is 3.22. The molecule has 0 bridgehead atoms. The quantitative estimate of drug-likeness (QED) is 0.751. The summed E-state index contributed by atoms with van der Waals surface area (Å²) in [4.78, 5) is 0. The van der Waals surface area contributed by atoms with Gasteiger partial charge in [0.05, 0.1) is 0 Å². The second-order valence-corrected chi connectivity index (χ2v) is 2.93. The highest BCUT2D eigenvalue weighted by Crippen LogP contribution is 2.24. The first-order chi connectivity index (χ1) is 5.34. The van der Waals surface area contributed by atoms with Gasteiger partial charge in [-0.25, -0.2) is 4.39 Å². The number of rotatable bonds is 2. The summed E-state index contributed by atoms with van der Waals surface area (Å²) in [6.07, 6.45) is 2.44. The van der Waals surface area contributed by atoms with Crippen molar-refractivity contribution in [3.63, 3.8) is 0 Å². The molecule has 1 aliphatic carbocycles. The Morgan fingerprint density at radius 1 is 1.33 bits per heavy atom. The molecule has 0 radical (unpaired) electrons. The van der Waals surface area contributed by atoms with E-state index in [1.165, 1.54) is 25.0 Å². The molecule has 1 fully saturated rings. The van der Waals surface area contributed by atoms with Gasteiger partial charge in [0.1, 0.15) is 5.82 Å². The van der Waals surface area contributed by atoms with Crippen molar-refractivity contribution in [2.75, 3.05) is 5.32 Å². The normalized spacial score (nSPS) is 15.1. The second kappa shape index (κ2) is 3.76. The highest BCUT2D eigenvalue weighted by atomic mass is 35.5. The molecule has 66 valence electrons. The summed E-state index contributed by atoms with van der Waals surface area (Å²) in [5.74, 6) is -0.171. The fourth-order valence-electron chi connectivity index (χ4n) is 1.04. The van der Waals surface area contributed by atoms with Gasteiger partial charge in [0.2, 0.25) is 0 Å². The SMILES string of the molecule is Cl.Fc1cccc(NC2CC2)c1. The maximum Gasteiger partial charge on any atom is 0.125 e. The van der Waals surface area contributed by atoms with E-state index >= 15 is 0 Å². The average molecular weight is 188 g/mol. The summed E-state index contributed by atoms with van der Waals surface area (Å²) in [6.45, 7) is 0. The predicted molar refractivity (Wildman–Crippen MR) is 50.3 cm³/mol. The van der Waals surface area contributed by atoms with Crippen molar-refractivity contribution >= 4 is 18.1 Å². The molecule has 1 saturated carbocycles. The fourth-order valence-corrected chi connectivity index (χ4v) is 1.04. The van der Waals surface area contributed by atoms with E-state index in [4.69, 9.17) is 0 Å². The third-order valence-electron chi connectivity index (χ3n) is 1.77. The van der Waals surface area contributed by atoms with Crippen LogP contribution < -0.4 is 5.32 Å². The zero-order valence-electron chi connectivity index (χ0n) is 6.59. The van der Waals surface area contributed by atoms with E-state index in [1.807, 2.05) is 6.07 Å². The number of halogens is 2. The molecular weight excluding hydrogens is 177 g/mol. The number of anilines is 1. The van der Waals surface area contributed by atoms with Gasteiger partial charge in [0.15, 0.2) is 0 Å². The van der Waals surface area contributed by atoms with Gasteiger partial charge in [-0.1, -0.05) is 6.07 Å². The molecule has 2 rings (SSSR count). The Morgan fingerprint density at radius 2 is 2.08 bits per heavy atom. The molecule has 0 unspecified atom stereocenters. The zero-order chi connectivity index (χ0) is 7.68. The lowest BCUT2D eigenvalue weighted by Crippen LogP contribution is -2.00. The molecule has 0 aromatic heterocycles. The molecule has 12 heavy (non-hydrogen) atoms. The van der Waals surface area contributed by atoms with Crippen molar-refractivity contribution in [3.8, 4) is 0 Å². The molecule has 0 spiro atoms. The minimum Gasteiger partial charge on any atom is -0.382 e. The van der Waals surface area contributed by atoms with Gasteiger partial charge in [0.25, 0.3) is 0 Å². The number of benzene rings is 1. The van der Waals surface area contributed by atoms with Crippen LogP contribution in [-0.4, -0.2) is 6.04 Å². The van der Waals surface area contributed by atoms with Crippen molar-refractivity contribution < 1.29 is 4.39 Å². The molecule has 0 amide bonds. The molecule has 1 aromatic carbocycles. The topological polar surface area (TPSA) is 12.0 Å². The molecule has 0 saturated heterocycles. The minimum atomic E-state index is -0.171. The highest BCUT2D eigenvalue weighted by molar-refractivity contribution is 5.85. The summed E-state index contributed by atoms with van der Waals surface area (Å²) in [5.41, 5.74) is 0.896. The molecule has 1 aromatic rings. The average Bonchev–Trinajstić information content (AvgIpc) is 2.71. The van der Waals surface area contributed by atoms with E-state index in [2.05, 4.69) is 5.32 Å². The maximum absolute atomic E-state index is 12.6. The largest absolute Gasteiger partial charge is 0.382 e. The van der Waals surface area contributed by atoms with Crippen LogP contribution in [0.15, 0.2) is 24.3 Å². The van der Waals surface area contributed by atoms with Gasteiger partial charge < -0.3 is 5.32 Å². The molecular formula is C9H11ClFN. The van der Waals surface area contributed by atoms with Crippen molar-refractivity contribution in [2.24, 2.45) is 0 Å². The lowest BCUT2D eigenvalue weighted by molar-refractivity contribution is 0.628. The molecule has 0 heterocycles. The van der Waals surface area contributed by atoms with Crippen molar-refractivity contribution in [1.29, 1.82) is 0 Å². The molecule has 1 aliphatic rings. The maximum atomic E-state index is 12.6. The number of nitrogens with one attached hydrogen (secondary N) is 1. The van der Waals surface area contributed by atoms with Gasteiger partial charge in [-0.05, 0) is 31.0 Å². The van der Waals surface area contributed by atoms with E-state index in [-0.39, 0.29) is 18.2 Å². The first kappa shape index (κ1) is 9.33. The van der Waals surface area contributed by atoms with Gasteiger partial charge in [-0.3, -0.25) is 0 Å². The van der Waals surface area contributed by atoms with Gasteiger partial charge >= 0.3 is 0 Å². The van der Waals surface area contributed by atoms with Crippen LogP contribution in [0, 0.1) is 5.82 Å². The van der Waals surface area contributed by atoms with Crippen LogP contribution in [0.5, 0.6) is 0 Å². The lowest BCUT2D eigenvalue weighted by atomic mass is 10.3. The van der Waals surface area contributed by atoms with Crippen LogP contribution in [0.3, 0.4) is 0 Å². The van der Waals surface area contributed by atoms with Crippen molar-refractivity contribution in [1.82, 2.24) is 0 Å². The first-order valence-corrected chi connectivity index (χ1v) is 3.87. The summed E-state index contributed by atoms with van der Waals surface area (Å²) >= 11 is 0. The highest BCUT2D eigenvalue weighted by Gasteiger charge is 2.20. The number of hydrogen-bond acceptors (Lipinski definition) is 1. The van der Waals surface area contributed by atoms with E-state index in [0.717, 1.165) is 5.69 Å². The molecule has 0 atom stereocenters.